The second-order valence-corrected chi connectivity index (χ2v) is 5.43. The van der Waals surface area contributed by atoms with E-state index in [1.807, 2.05) is 0 Å². The van der Waals surface area contributed by atoms with Gasteiger partial charge >= 0.3 is 0 Å². The van der Waals surface area contributed by atoms with Crippen molar-refractivity contribution >= 4 is 11.6 Å². The van der Waals surface area contributed by atoms with Gasteiger partial charge in [0, 0.05) is 11.6 Å². The Hall–Kier alpha value is -1.58. The third-order valence-corrected chi connectivity index (χ3v) is 3.94. The van der Waals surface area contributed by atoms with Crippen molar-refractivity contribution in [1.82, 2.24) is 5.32 Å². The summed E-state index contributed by atoms with van der Waals surface area (Å²) in [6.45, 7) is 2.18. The van der Waals surface area contributed by atoms with Crippen LogP contribution >= 0.6 is 0 Å². The van der Waals surface area contributed by atoms with E-state index in [2.05, 4.69) is 12.2 Å². The fourth-order valence-electron chi connectivity index (χ4n) is 2.64. The molecule has 1 amide bonds. The van der Waals surface area contributed by atoms with Gasteiger partial charge in [-0.1, -0.05) is 26.2 Å². The largest absolute Gasteiger partial charge is 0.396 e. The van der Waals surface area contributed by atoms with Crippen LogP contribution in [-0.4, -0.2) is 11.9 Å². The Bertz CT molecular complexity index is 461. The average molecular weight is 264 g/mol. The van der Waals surface area contributed by atoms with E-state index in [-0.39, 0.29) is 17.6 Å². The minimum Gasteiger partial charge on any atom is -0.396 e. The van der Waals surface area contributed by atoms with E-state index in [9.17, 15) is 9.18 Å². The number of carbonyl (C=O) groups is 1. The first-order chi connectivity index (χ1) is 9.08. The van der Waals surface area contributed by atoms with Crippen molar-refractivity contribution in [3.05, 3.63) is 29.6 Å². The molecule has 1 aliphatic rings. The second kappa shape index (κ2) is 6.04. The quantitative estimate of drug-likeness (QED) is 0.637. The van der Waals surface area contributed by atoms with E-state index in [4.69, 9.17) is 5.73 Å². The molecule has 19 heavy (non-hydrogen) atoms. The standard InChI is InChI=1S/C15H21FN2O/c1-10-5-3-2-4-6-14(10)18-15(19)11-7-8-12(16)13(17)9-11/h7-10,14H,2-6,17H2,1H3,(H,18,19). The van der Waals surface area contributed by atoms with E-state index < -0.39 is 5.82 Å². The highest BCUT2D eigenvalue weighted by Crippen LogP contribution is 2.23. The number of rotatable bonds is 2. The first-order valence-electron chi connectivity index (χ1n) is 6.94. The molecule has 104 valence electrons. The lowest BCUT2D eigenvalue weighted by Gasteiger charge is -2.22. The molecule has 2 rings (SSSR count). The van der Waals surface area contributed by atoms with E-state index in [0.717, 1.165) is 19.3 Å². The van der Waals surface area contributed by atoms with Crippen LogP contribution < -0.4 is 11.1 Å². The maximum atomic E-state index is 13.1. The zero-order chi connectivity index (χ0) is 13.8. The summed E-state index contributed by atoms with van der Waals surface area (Å²) < 4.78 is 13.1. The number of amides is 1. The molecule has 1 fully saturated rings. The summed E-state index contributed by atoms with van der Waals surface area (Å²) in [4.78, 5) is 12.1. The zero-order valence-electron chi connectivity index (χ0n) is 11.3. The number of hydrogen-bond acceptors (Lipinski definition) is 2. The van der Waals surface area contributed by atoms with E-state index >= 15 is 0 Å². The van der Waals surface area contributed by atoms with Gasteiger partial charge in [-0.15, -0.1) is 0 Å². The van der Waals surface area contributed by atoms with Crippen molar-refractivity contribution in [3.63, 3.8) is 0 Å². The van der Waals surface area contributed by atoms with Gasteiger partial charge in [0.1, 0.15) is 5.82 Å². The topological polar surface area (TPSA) is 55.1 Å². The summed E-state index contributed by atoms with van der Waals surface area (Å²) >= 11 is 0. The molecule has 1 aromatic rings. The Balaban J connectivity index is 2.05. The molecule has 3 nitrogen and oxygen atoms in total. The minimum atomic E-state index is -0.487. The maximum absolute atomic E-state index is 13.1. The Morgan fingerprint density at radius 3 is 2.79 bits per heavy atom. The molecule has 0 saturated heterocycles. The molecule has 1 aromatic carbocycles. The molecule has 0 heterocycles. The number of nitrogen functional groups attached to an aromatic ring is 1. The van der Waals surface area contributed by atoms with Gasteiger partial charge < -0.3 is 11.1 Å². The molecule has 3 N–H and O–H groups in total. The molecular weight excluding hydrogens is 243 g/mol. The summed E-state index contributed by atoms with van der Waals surface area (Å²) in [5.74, 6) is -0.158. The van der Waals surface area contributed by atoms with Gasteiger partial charge in [-0.2, -0.15) is 0 Å². The van der Waals surface area contributed by atoms with Crippen molar-refractivity contribution in [2.24, 2.45) is 5.92 Å². The summed E-state index contributed by atoms with van der Waals surface area (Å²) in [5.41, 5.74) is 5.93. The predicted octanol–water partition coefficient (Wildman–Crippen LogP) is 3.11. The molecule has 0 spiro atoms. The monoisotopic (exact) mass is 264 g/mol. The summed E-state index contributed by atoms with van der Waals surface area (Å²) in [5, 5.41) is 3.05. The Labute approximate surface area is 113 Å². The van der Waals surface area contributed by atoms with Crippen molar-refractivity contribution in [1.29, 1.82) is 0 Å². The molecular formula is C15H21FN2O. The fraction of sp³-hybridized carbons (Fsp3) is 0.533. The smallest absolute Gasteiger partial charge is 0.251 e. The van der Waals surface area contributed by atoms with Crippen molar-refractivity contribution < 1.29 is 9.18 Å². The molecule has 0 bridgehead atoms. The van der Waals surface area contributed by atoms with Gasteiger partial charge in [-0.25, -0.2) is 4.39 Å². The summed E-state index contributed by atoms with van der Waals surface area (Å²) in [6, 6.07) is 4.32. The van der Waals surface area contributed by atoms with Gasteiger partial charge in [-0.3, -0.25) is 4.79 Å². The average Bonchev–Trinajstić information content (AvgIpc) is 2.58. The third kappa shape index (κ3) is 3.46. The number of carbonyl (C=O) groups excluding carboxylic acids is 1. The summed E-state index contributed by atoms with van der Waals surface area (Å²) in [6.07, 6.45) is 5.79. The number of benzene rings is 1. The maximum Gasteiger partial charge on any atom is 0.251 e. The molecule has 2 atom stereocenters. The van der Waals surface area contributed by atoms with Crippen LogP contribution in [0.2, 0.25) is 0 Å². The van der Waals surface area contributed by atoms with E-state index in [1.54, 1.807) is 0 Å². The molecule has 4 heteroatoms. The lowest BCUT2D eigenvalue weighted by Crippen LogP contribution is -2.38. The van der Waals surface area contributed by atoms with Gasteiger partial charge in [0.05, 0.1) is 5.69 Å². The Kier molecular flexibility index (Phi) is 4.40. The number of anilines is 1. The number of hydrogen-bond donors (Lipinski definition) is 2. The van der Waals surface area contributed by atoms with Gasteiger partial charge in [0.15, 0.2) is 0 Å². The van der Waals surface area contributed by atoms with Crippen LogP contribution in [-0.2, 0) is 0 Å². The molecule has 0 aromatic heterocycles. The van der Waals surface area contributed by atoms with Crippen molar-refractivity contribution in [3.8, 4) is 0 Å². The normalized spacial score (nSPS) is 23.7. The van der Waals surface area contributed by atoms with Gasteiger partial charge in [-0.05, 0) is 37.0 Å². The van der Waals surface area contributed by atoms with E-state index in [0.29, 0.717) is 11.5 Å². The molecule has 2 unspecified atom stereocenters. The first-order valence-corrected chi connectivity index (χ1v) is 6.94. The molecule has 1 saturated carbocycles. The highest BCUT2D eigenvalue weighted by Gasteiger charge is 2.22. The SMILES string of the molecule is CC1CCCCCC1NC(=O)c1ccc(F)c(N)c1. The van der Waals surface area contributed by atoms with Crippen LogP contribution in [0.15, 0.2) is 18.2 Å². The first kappa shape index (κ1) is 13.8. The number of nitrogens with two attached hydrogens (primary N) is 1. The Morgan fingerprint density at radius 1 is 1.32 bits per heavy atom. The lowest BCUT2D eigenvalue weighted by molar-refractivity contribution is 0.0921. The number of halogens is 1. The van der Waals surface area contributed by atoms with E-state index in [1.165, 1.54) is 31.0 Å². The van der Waals surface area contributed by atoms with Crippen LogP contribution in [0.1, 0.15) is 49.4 Å². The zero-order valence-corrected chi connectivity index (χ0v) is 11.3. The highest BCUT2D eigenvalue weighted by atomic mass is 19.1. The van der Waals surface area contributed by atoms with Crippen LogP contribution in [0.25, 0.3) is 0 Å². The van der Waals surface area contributed by atoms with Crippen LogP contribution in [0.5, 0.6) is 0 Å². The number of nitrogens with one attached hydrogen (secondary N) is 1. The molecule has 0 radical (unpaired) electrons. The Morgan fingerprint density at radius 2 is 2.05 bits per heavy atom. The second-order valence-electron chi connectivity index (χ2n) is 5.43. The molecule has 0 aliphatic heterocycles. The highest BCUT2D eigenvalue weighted by molar-refractivity contribution is 5.95. The van der Waals surface area contributed by atoms with Gasteiger partial charge in [0.2, 0.25) is 0 Å². The van der Waals surface area contributed by atoms with Crippen LogP contribution in [0.4, 0.5) is 10.1 Å². The lowest BCUT2D eigenvalue weighted by atomic mass is 9.96. The van der Waals surface area contributed by atoms with Crippen LogP contribution in [0.3, 0.4) is 0 Å². The van der Waals surface area contributed by atoms with Crippen molar-refractivity contribution in [2.45, 2.75) is 45.1 Å². The van der Waals surface area contributed by atoms with Crippen molar-refractivity contribution in [2.75, 3.05) is 5.73 Å². The minimum absolute atomic E-state index is 0.0153. The molecule has 1 aliphatic carbocycles. The predicted molar refractivity (Wildman–Crippen MR) is 74.3 cm³/mol. The fourth-order valence-corrected chi connectivity index (χ4v) is 2.64. The van der Waals surface area contributed by atoms with Crippen LogP contribution in [0, 0.1) is 11.7 Å². The third-order valence-electron chi connectivity index (χ3n) is 3.94. The summed E-state index contributed by atoms with van der Waals surface area (Å²) in [7, 11) is 0. The van der Waals surface area contributed by atoms with Gasteiger partial charge in [0.25, 0.3) is 5.91 Å².